The fourth-order valence-electron chi connectivity index (χ4n) is 1.95. The summed E-state index contributed by atoms with van der Waals surface area (Å²) in [5, 5.41) is 11.8. The second kappa shape index (κ2) is 6.45. The first-order valence-electron chi connectivity index (χ1n) is 6.33. The van der Waals surface area contributed by atoms with Gasteiger partial charge in [0.05, 0.1) is 5.01 Å². The summed E-state index contributed by atoms with van der Waals surface area (Å²) < 4.78 is 0. The van der Waals surface area contributed by atoms with Crippen LogP contribution in [0.1, 0.15) is 38.7 Å². The largest absolute Gasteiger partial charge is 0.477 e. The molecule has 0 saturated carbocycles. The van der Waals surface area contributed by atoms with Crippen molar-refractivity contribution in [2.75, 3.05) is 13.6 Å². The van der Waals surface area contributed by atoms with Gasteiger partial charge in [0, 0.05) is 42.8 Å². The molecule has 110 valence electrons. The first-order chi connectivity index (χ1) is 9.99. The summed E-state index contributed by atoms with van der Waals surface area (Å²) in [5.74, 6) is -1.26. The molecule has 0 radical (unpaired) electrons. The molecule has 0 aliphatic carbocycles. The first-order valence-corrected chi connectivity index (χ1v) is 7.21. The fourth-order valence-corrected chi connectivity index (χ4v) is 2.64. The van der Waals surface area contributed by atoms with Crippen molar-refractivity contribution in [1.29, 1.82) is 0 Å². The fraction of sp³-hybridized carbons (Fsp3) is 0.286. The number of hydrogen-bond donors (Lipinski definition) is 1. The molecule has 2 aromatic rings. The van der Waals surface area contributed by atoms with Gasteiger partial charge in [0.2, 0.25) is 0 Å². The Morgan fingerprint density at radius 3 is 2.76 bits per heavy atom. The van der Waals surface area contributed by atoms with Crippen LogP contribution in [0.25, 0.3) is 0 Å². The van der Waals surface area contributed by atoms with E-state index in [0.717, 1.165) is 5.01 Å². The Labute approximate surface area is 126 Å². The van der Waals surface area contributed by atoms with Crippen molar-refractivity contribution in [3.05, 3.63) is 46.2 Å². The smallest absolute Gasteiger partial charge is 0.354 e. The maximum atomic E-state index is 12.3. The average molecular weight is 305 g/mol. The van der Waals surface area contributed by atoms with Gasteiger partial charge in [-0.2, -0.15) is 0 Å². The van der Waals surface area contributed by atoms with E-state index in [-0.39, 0.29) is 17.5 Å². The molecule has 6 nitrogen and oxygen atoms in total. The molecule has 1 amide bonds. The highest BCUT2D eigenvalue weighted by Gasteiger charge is 2.18. The molecule has 1 N–H and O–H groups in total. The summed E-state index contributed by atoms with van der Waals surface area (Å²) in [4.78, 5) is 32.7. The molecule has 0 aromatic carbocycles. The third-order valence-corrected chi connectivity index (χ3v) is 4.00. The number of carbonyl (C=O) groups is 2. The van der Waals surface area contributed by atoms with Crippen LogP contribution in [0.5, 0.6) is 0 Å². The molecule has 2 aromatic heterocycles. The van der Waals surface area contributed by atoms with Gasteiger partial charge in [-0.3, -0.25) is 4.79 Å². The van der Waals surface area contributed by atoms with E-state index in [0.29, 0.717) is 12.1 Å². The minimum absolute atomic E-state index is 0.125. The SMILES string of the molecule is CC(CN(C)C(=O)c1ccnc(C(=O)O)c1)c1nccs1. The van der Waals surface area contributed by atoms with E-state index in [2.05, 4.69) is 9.97 Å². The Morgan fingerprint density at radius 2 is 2.14 bits per heavy atom. The highest BCUT2D eigenvalue weighted by molar-refractivity contribution is 7.09. The zero-order valence-electron chi connectivity index (χ0n) is 11.7. The van der Waals surface area contributed by atoms with E-state index >= 15 is 0 Å². The zero-order chi connectivity index (χ0) is 15.4. The van der Waals surface area contributed by atoms with Crippen LogP contribution < -0.4 is 0 Å². The van der Waals surface area contributed by atoms with E-state index < -0.39 is 5.97 Å². The Kier molecular flexibility index (Phi) is 4.64. The molecule has 7 heteroatoms. The predicted octanol–water partition coefficient (Wildman–Crippen LogP) is 2.11. The molecule has 1 atom stereocenters. The zero-order valence-corrected chi connectivity index (χ0v) is 12.5. The van der Waals surface area contributed by atoms with Crippen molar-refractivity contribution < 1.29 is 14.7 Å². The van der Waals surface area contributed by atoms with Crippen molar-refractivity contribution in [3.63, 3.8) is 0 Å². The maximum absolute atomic E-state index is 12.3. The topological polar surface area (TPSA) is 83.4 Å². The van der Waals surface area contributed by atoms with Crippen molar-refractivity contribution >= 4 is 23.2 Å². The van der Waals surface area contributed by atoms with Gasteiger partial charge in [0.1, 0.15) is 5.69 Å². The highest BCUT2D eigenvalue weighted by atomic mass is 32.1. The molecule has 0 spiro atoms. The van der Waals surface area contributed by atoms with Crippen LogP contribution >= 0.6 is 11.3 Å². The van der Waals surface area contributed by atoms with Gasteiger partial charge in [-0.15, -0.1) is 11.3 Å². The number of amides is 1. The Morgan fingerprint density at radius 1 is 1.38 bits per heavy atom. The van der Waals surface area contributed by atoms with E-state index in [1.165, 1.54) is 18.3 Å². The van der Waals surface area contributed by atoms with Gasteiger partial charge in [-0.25, -0.2) is 14.8 Å². The Hall–Kier alpha value is -2.28. The van der Waals surface area contributed by atoms with Crippen LogP contribution in [-0.4, -0.2) is 45.4 Å². The van der Waals surface area contributed by atoms with Crippen molar-refractivity contribution in [2.45, 2.75) is 12.8 Å². The lowest BCUT2D eigenvalue weighted by atomic mass is 10.1. The minimum atomic E-state index is -1.15. The van der Waals surface area contributed by atoms with E-state index in [9.17, 15) is 9.59 Å². The Balaban J connectivity index is 2.08. The number of pyridine rings is 1. The lowest BCUT2D eigenvalue weighted by Gasteiger charge is -2.20. The van der Waals surface area contributed by atoms with Gasteiger partial charge in [0.15, 0.2) is 0 Å². The first kappa shape index (κ1) is 15.1. The number of aromatic carboxylic acids is 1. The molecule has 2 heterocycles. The van der Waals surface area contributed by atoms with Crippen LogP contribution in [0, 0.1) is 0 Å². The molecular formula is C14H15N3O3S. The van der Waals surface area contributed by atoms with Gasteiger partial charge >= 0.3 is 5.97 Å². The van der Waals surface area contributed by atoms with Crippen LogP contribution in [0.3, 0.4) is 0 Å². The highest BCUT2D eigenvalue weighted by Crippen LogP contribution is 2.19. The second-order valence-corrected chi connectivity index (χ2v) is 5.62. The molecular weight excluding hydrogens is 290 g/mol. The van der Waals surface area contributed by atoms with Gasteiger partial charge < -0.3 is 10.0 Å². The third-order valence-electron chi connectivity index (χ3n) is 2.99. The lowest BCUT2D eigenvalue weighted by Crippen LogP contribution is -2.30. The van der Waals surface area contributed by atoms with E-state index in [1.54, 1.807) is 29.5 Å². The second-order valence-electron chi connectivity index (χ2n) is 4.69. The number of carboxylic acid groups (broad SMARTS) is 1. The summed E-state index contributed by atoms with van der Waals surface area (Å²) in [6.07, 6.45) is 3.06. The molecule has 21 heavy (non-hydrogen) atoms. The number of nitrogens with zero attached hydrogens (tertiary/aromatic N) is 3. The number of rotatable bonds is 5. The van der Waals surface area contributed by atoms with Crippen LogP contribution in [0.2, 0.25) is 0 Å². The average Bonchev–Trinajstić information content (AvgIpc) is 3.00. The molecule has 0 aliphatic heterocycles. The summed E-state index contributed by atoms with van der Waals surface area (Å²) >= 11 is 1.55. The predicted molar refractivity (Wildman–Crippen MR) is 78.7 cm³/mol. The summed E-state index contributed by atoms with van der Waals surface area (Å²) in [7, 11) is 1.69. The number of carbonyl (C=O) groups excluding carboxylic acids is 1. The lowest BCUT2D eigenvalue weighted by molar-refractivity contribution is 0.0690. The molecule has 0 aliphatic rings. The maximum Gasteiger partial charge on any atom is 0.354 e. The standard InChI is InChI=1S/C14H15N3O3S/c1-9(12-16-5-6-21-12)8-17(2)13(18)10-3-4-15-11(7-10)14(19)20/h3-7,9H,8H2,1-2H3,(H,19,20). The summed E-state index contributed by atoms with van der Waals surface area (Å²) in [6.45, 7) is 2.51. The number of thiazole rings is 1. The van der Waals surface area contributed by atoms with Gasteiger partial charge in [-0.05, 0) is 12.1 Å². The Bertz CT molecular complexity index is 643. The normalized spacial score (nSPS) is 11.9. The van der Waals surface area contributed by atoms with Crippen molar-refractivity contribution in [3.8, 4) is 0 Å². The molecule has 0 fully saturated rings. The number of hydrogen-bond acceptors (Lipinski definition) is 5. The van der Waals surface area contributed by atoms with E-state index in [1.807, 2.05) is 12.3 Å². The van der Waals surface area contributed by atoms with Crippen LogP contribution in [0.15, 0.2) is 29.9 Å². The molecule has 0 bridgehead atoms. The number of carboxylic acids is 1. The number of likely N-dealkylation sites (N-methyl/N-ethyl adjacent to an activating group) is 1. The molecule has 2 rings (SSSR count). The molecule has 0 saturated heterocycles. The van der Waals surface area contributed by atoms with Crippen molar-refractivity contribution in [2.24, 2.45) is 0 Å². The van der Waals surface area contributed by atoms with E-state index in [4.69, 9.17) is 5.11 Å². The van der Waals surface area contributed by atoms with Crippen LogP contribution in [0.4, 0.5) is 0 Å². The van der Waals surface area contributed by atoms with Crippen molar-refractivity contribution in [1.82, 2.24) is 14.9 Å². The van der Waals surface area contributed by atoms with Gasteiger partial charge in [0.25, 0.3) is 5.91 Å². The van der Waals surface area contributed by atoms with Crippen LogP contribution in [-0.2, 0) is 0 Å². The van der Waals surface area contributed by atoms with Gasteiger partial charge in [-0.1, -0.05) is 6.92 Å². The number of aromatic nitrogens is 2. The summed E-state index contributed by atoms with van der Waals surface area (Å²) in [6, 6.07) is 2.80. The monoisotopic (exact) mass is 305 g/mol. The quantitative estimate of drug-likeness (QED) is 0.914. The molecule has 1 unspecified atom stereocenters. The minimum Gasteiger partial charge on any atom is -0.477 e. The third kappa shape index (κ3) is 3.63. The summed E-state index contributed by atoms with van der Waals surface area (Å²) in [5.41, 5.74) is 0.179.